The van der Waals surface area contributed by atoms with E-state index in [1.54, 1.807) is 11.4 Å². The van der Waals surface area contributed by atoms with Gasteiger partial charge in [0, 0.05) is 7.05 Å². The standard InChI is InChI=1S/C18H18N4O4S2/c1-11-4-3-5-12(8-11)25-9-15-21-22-18(26-15)28-10-14(23)20-17-13(6-7-27-17)16(24)19-2/h3-8H,9-10H2,1-2H3,(H,19,24)(H,20,23). The van der Waals surface area contributed by atoms with Gasteiger partial charge in [-0.05, 0) is 36.1 Å². The van der Waals surface area contributed by atoms with Crippen LogP contribution in [0, 0.1) is 6.92 Å². The van der Waals surface area contributed by atoms with Gasteiger partial charge in [-0.25, -0.2) is 0 Å². The molecule has 0 atom stereocenters. The Balaban J connectivity index is 1.48. The number of carbonyl (C=O) groups excluding carboxylic acids is 2. The molecule has 3 rings (SSSR count). The highest BCUT2D eigenvalue weighted by molar-refractivity contribution is 7.99. The van der Waals surface area contributed by atoms with Crippen molar-refractivity contribution in [2.24, 2.45) is 0 Å². The van der Waals surface area contributed by atoms with E-state index in [1.165, 1.54) is 18.4 Å². The molecule has 0 saturated heterocycles. The molecular formula is C18H18N4O4S2. The Labute approximate surface area is 169 Å². The first-order valence-electron chi connectivity index (χ1n) is 8.29. The van der Waals surface area contributed by atoms with E-state index < -0.39 is 0 Å². The Morgan fingerprint density at radius 2 is 2.14 bits per heavy atom. The number of hydrogen-bond donors (Lipinski definition) is 2. The van der Waals surface area contributed by atoms with Crippen molar-refractivity contribution >= 4 is 39.9 Å². The summed E-state index contributed by atoms with van der Waals surface area (Å²) in [5.74, 6) is 0.595. The van der Waals surface area contributed by atoms with Crippen molar-refractivity contribution in [3.05, 3.63) is 52.7 Å². The fourth-order valence-corrected chi connectivity index (χ4v) is 3.60. The number of thioether (sulfide) groups is 1. The van der Waals surface area contributed by atoms with Crippen LogP contribution in [0.25, 0.3) is 0 Å². The number of amides is 2. The molecule has 0 unspecified atom stereocenters. The molecule has 0 aliphatic heterocycles. The molecular weight excluding hydrogens is 400 g/mol. The van der Waals surface area contributed by atoms with Gasteiger partial charge in [-0.1, -0.05) is 23.9 Å². The van der Waals surface area contributed by atoms with E-state index >= 15 is 0 Å². The van der Waals surface area contributed by atoms with Gasteiger partial charge in [0.05, 0.1) is 11.3 Å². The zero-order valence-corrected chi connectivity index (χ0v) is 16.9. The number of rotatable bonds is 8. The minimum Gasteiger partial charge on any atom is -0.484 e. The third kappa shape index (κ3) is 5.33. The van der Waals surface area contributed by atoms with Crippen molar-refractivity contribution in [2.45, 2.75) is 18.8 Å². The molecule has 2 N–H and O–H groups in total. The third-order valence-corrected chi connectivity index (χ3v) is 5.17. The number of nitrogens with one attached hydrogen (secondary N) is 2. The largest absolute Gasteiger partial charge is 0.484 e. The number of aryl methyl sites for hydroxylation is 1. The van der Waals surface area contributed by atoms with E-state index in [2.05, 4.69) is 20.8 Å². The minimum atomic E-state index is -0.270. The van der Waals surface area contributed by atoms with Crippen LogP contribution in [0.2, 0.25) is 0 Å². The SMILES string of the molecule is CNC(=O)c1ccsc1NC(=O)CSc1nnc(COc2cccc(C)c2)o1. The van der Waals surface area contributed by atoms with Crippen LogP contribution in [0.3, 0.4) is 0 Å². The third-order valence-electron chi connectivity index (χ3n) is 3.52. The lowest BCUT2D eigenvalue weighted by Crippen LogP contribution is -2.20. The van der Waals surface area contributed by atoms with Crippen molar-refractivity contribution in [2.75, 3.05) is 18.1 Å². The molecule has 8 nitrogen and oxygen atoms in total. The smallest absolute Gasteiger partial charge is 0.277 e. The summed E-state index contributed by atoms with van der Waals surface area (Å²) in [6, 6.07) is 9.30. The van der Waals surface area contributed by atoms with E-state index in [9.17, 15) is 9.59 Å². The van der Waals surface area contributed by atoms with Crippen molar-refractivity contribution in [3.63, 3.8) is 0 Å². The zero-order valence-electron chi connectivity index (χ0n) is 15.2. The van der Waals surface area contributed by atoms with Gasteiger partial charge < -0.3 is 19.8 Å². The first-order chi connectivity index (χ1) is 13.5. The molecule has 3 aromatic rings. The summed E-state index contributed by atoms with van der Waals surface area (Å²) in [4.78, 5) is 23.9. The Morgan fingerprint density at radius 3 is 2.93 bits per heavy atom. The second-order valence-electron chi connectivity index (χ2n) is 5.65. The van der Waals surface area contributed by atoms with Crippen molar-refractivity contribution in [1.29, 1.82) is 0 Å². The molecule has 2 amide bonds. The summed E-state index contributed by atoms with van der Waals surface area (Å²) in [6.45, 7) is 2.13. The Morgan fingerprint density at radius 1 is 1.29 bits per heavy atom. The van der Waals surface area contributed by atoms with Crippen molar-refractivity contribution in [1.82, 2.24) is 15.5 Å². The molecule has 2 aromatic heterocycles. The van der Waals surface area contributed by atoms with Gasteiger partial charge in [0.1, 0.15) is 10.8 Å². The number of anilines is 1. The molecule has 0 aliphatic rings. The molecule has 2 heterocycles. The summed E-state index contributed by atoms with van der Waals surface area (Å²) in [5.41, 5.74) is 1.52. The second-order valence-corrected chi connectivity index (χ2v) is 7.49. The summed E-state index contributed by atoms with van der Waals surface area (Å²) in [6.07, 6.45) is 0. The second kappa shape index (κ2) is 9.38. The highest BCUT2D eigenvalue weighted by Crippen LogP contribution is 2.24. The Bertz CT molecular complexity index is 970. The van der Waals surface area contributed by atoms with Gasteiger partial charge in [0.25, 0.3) is 17.0 Å². The molecule has 10 heteroatoms. The van der Waals surface area contributed by atoms with E-state index in [0.29, 0.717) is 16.5 Å². The van der Waals surface area contributed by atoms with Crippen LogP contribution in [0.5, 0.6) is 5.75 Å². The molecule has 146 valence electrons. The van der Waals surface area contributed by atoms with Crippen LogP contribution in [-0.2, 0) is 11.4 Å². The lowest BCUT2D eigenvalue weighted by molar-refractivity contribution is -0.113. The van der Waals surface area contributed by atoms with Gasteiger partial charge in [-0.3, -0.25) is 9.59 Å². The summed E-state index contributed by atoms with van der Waals surface area (Å²) in [7, 11) is 1.54. The molecule has 0 aliphatic carbocycles. The molecule has 28 heavy (non-hydrogen) atoms. The lowest BCUT2D eigenvalue weighted by atomic mass is 10.2. The maximum absolute atomic E-state index is 12.1. The van der Waals surface area contributed by atoms with Crippen LogP contribution in [0.15, 0.2) is 45.4 Å². The topological polar surface area (TPSA) is 106 Å². The highest BCUT2D eigenvalue weighted by Gasteiger charge is 2.15. The predicted octanol–water partition coefficient (Wildman–Crippen LogP) is 3.11. The highest BCUT2D eigenvalue weighted by atomic mass is 32.2. The van der Waals surface area contributed by atoms with Gasteiger partial charge in [0.2, 0.25) is 5.91 Å². The molecule has 0 radical (unpaired) electrons. The van der Waals surface area contributed by atoms with E-state index in [1.807, 2.05) is 31.2 Å². The van der Waals surface area contributed by atoms with Crippen LogP contribution in [0.1, 0.15) is 21.8 Å². The monoisotopic (exact) mass is 418 g/mol. The van der Waals surface area contributed by atoms with Crippen molar-refractivity contribution in [3.8, 4) is 5.75 Å². The number of ether oxygens (including phenoxy) is 1. The molecule has 0 spiro atoms. The molecule has 0 saturated carbocycles. The van der Waals surface area contributed by atoms with Gasteiger partial charge in [0.15, 0.2) is 6.61 Å². The fourth-order valence-electron chi connectivity index (χ4n) is 2.21. The minimum absolute atomic E-state index is 0.0749. The van der Waals surface area contributed by atoms with Crippen molar-refractivity contribution < 1.29 is 18.7 Å². The van der Waals surface area contributed by atoms with Crippen LogP contribution in [0.4, 0.5) is 5.00 Å². The number of thiophene rings is 1. The first kappa shape index (κ1) is 19.9. The normalized spacial score (nSPS) is 10.5. The Kier molecular flexibility index (Phi) is 6.66. The number of carbonyl (C=O) groups is 2. The number of benzene rings is 1. The van der Waals surface area contributed by atoms with Gasteiger partial charge in [-0.15, -0.1) is 21.5 Å². The average molecular weight is 419 g/mol. The Hall–Kier alpha value is -2.85. The van der Waals surface area contributed by atoms with E-state index in [-0.39, 0.29) is 29.4 Å². The van der Waals surface area contributed by atoms with Gasteiger partial charge >= 0.3 is 0 Å². The average Bonchev–Trinajstić information content (AvgIpc) is 3.33. The van der Waals surface area contributed by atoms with Crippen LogP contribution >= 0.6 is 23.1 Å². The van der Waals surface area contributed by atoms with E-state index in [0.717, 1.165) is 23.1 Å². The maximum atomic E-state index is 12.1. The summed E-state index contributed by atoms with van der Waals surface area (Å²) < 4.78 is 11.1. The maximum Gasteiger partial charge on any atom is 0.277 e. The zero-order chi connectivity index (χ0) is 19.9. The van der Waals surface area contributed by atoms with Crippen LogP contribution in [-0.4, -0.2) is 34.8 Å². The molecule has 0 bridgehead atoms. The lowest BCUT2D eigenvalue weighted by Gasteiger charge is -2.04. The van der Waals surface area contributed by atoms with Crippen LogP contribution < -0.4 is 15.4 Å². The molecule has 1 aromatic carbocycles. The number of aromatic nitrogens is 2. The number of nitrogens with zero attached hydrogens (tertiary/aromatic N) is 2. The molecule has 0 fully saturated rings. The summed E-state index contributed by atoms with van der Waals surface area (Å²) >= 11 is 2.39. The first-order valence-corrected chi connectivity index (χ1v) is 10.2. The predicted molar refractivity (Wildman–Crippen MR) is 107 cm³/mol. The number of hydrogen-bond acceptors (Lipinski definition) is 8. The summed E-state index contributed by atoms with van der Waals surface area (Å²) in [5, 5.41) is 15.6. The fraction of sp³-hybridized carbons (Fsp3) is 0.222. The van der Waals surface area contributed by atoms with E-state index in [4.69, 9.17) is 9.15 Å². The van der Waals surface area contributed by atoms with Gasteiger partial charge in [-0.2, -0.15) is 0 Å². The quantitative estimate of drug-likeness (QED) is 0.541.